The fourth-order valence-corrected chi connectivity index (χ4v) is 2.88. The molecule has 0 saturated heterocycles. The molecule has 0 aromatic heterocycles. The van der Waals surface area contributed by atoms with Crippen molar-refractivity contribution < 1.29 is 14.3 Å². The van der Waals surface area contributed by atoms with Crippen LogP contribution in [0.4, 0.5) is 5.69 Å². The summed E-state index contributed by atoms with van der Waals surface area (Å²) in [5.41, 5.74) is 6.27. The van der Waals surface area contributed by atoms with Gasteiger partial charge in [-0.1, -0.05) is 19.3 Å². The zero-order valence-electron chi connectivity index (χ0n) is 14.3. The van der Waals surface area contributed by atoms with Gasteiger partial charge in [0.2, 0.25) is 5.91 Å². The number of rotatable bonds is 8. The molecule has 0 heterocycles. The van der Waals surface area contributed by atoms with Gasteiger partial charge >= 0.3 is 0 Å². The monoisotopic (exact) mass is 356 g/mol. The Bertz CT molecular complexity index is 472. The first-order chi connectivity index (χ1) is 11.2. The van der Waals surface area contributed by atoms with E-state index in [1.54, 1.807) is 7.11 Å². The number of nitrogens with two attached hydrogens (primary N) is 1. The van der Waals surface area contributed by atoms with Crippen molar-refractivity contribution in [2.45, 2.75) is 44.6 Å². The number of amides is 1. The highest BCUT2D eigenvalue weighted by atomic mass is 35.5. The lowest BCUT2D eigenvalue weighted by Crippen LogP contribution is -2.28. The van der Waals surface area contributed by atoms with Crippen LogP contribution in [0.1, 0.15) is 38.5 Å². The molecule has 1 amide bonds. The van der Waals surface area contributed by atoms with Crippen LogP contribution in [-0.2, 0) is 9.53 Å². The lowest BCUT2D eigenvalue weighted by atomic mass is 9.90. The summed E-state index contributed by atoms with van der Waals surface area (Å²) in [5.74, 6) is 1.44. The number of hydrogen-bond donors (Lipinski definition) is 2. The molecular formula is C18H29ClN2O3. The van der Waals surface area contributed by atoms with Gasteiger partial charge in [0.05, 0.1) is 19.1 Å². The second kappa shape index (κ2) is 11.3. The average molecular weight is 357 g/mol. The van der Waals surface area contributed by atoms with E-state index in [9.17, 15) is 4.79 Å². The fraction of sp³-hybridized carbons (Fsp3) is 0.611. The summed E-state index contributed by atoms with van der Waals surface area (Å²) >= 11 is 0. The summed E-state index contributed by atoms with van der Waals surface area (Å²) in [5, 5.41) is 2.84. The Morgan fingerprint density at radius 3 is 2.50 bits per heavy atom. The van der Waals surface area contributed by atoms with Crippen molar-refractivity contribution in [2.75, 3.05) is 25.6 Å². The molecule has 6 heteroatoms. The summed E-state index contributed by atoms with van der Waals surface area (Å²) in [6.45, 7) is 1.12. The number of nitrogens with one attached hydrogen (secondary N) is 1. The molecule has 1 atom stereocenters. The molecule has 0 radical (unpaired) electrons. The molecular weight excluding hydrogens is 328 g/mol. The van der Waals surface area contributed by atoms with Gasteiger partial charge in [0, 0.05) is 19.3 Å². The van der Waals surface area contributed by atoms with Gasteiger partial charge < -0.3 is 20.5 Å². The zero-order valence-corrected chi connectivity index (χ0v) is 15.1. The van der Waals surface area contributed by atoms with Gasteiger partial charge in [-0.3, -0.25) is 4.79 Å². The molecule has 1 aliphatic rings. The Balaban J connectivity index is 0.00000288. The number of hydrogen-bond acceptors (Lipinski definition) is 4. The third kappa shape index (κ3) is 7.07. The number of carbonyl (C=O) groups excluding carboxylic acids is 1. The molecule has 0 aliphatic heterocycles. The van der Waals surface area contributed by atoms with E-state index in [0.29, 0.717) is 12.5 Å². The largest absolute Gasteiger partial charge is 0.493 e. The van der Waals surface area contributed by atoms with E-state index in [1.807, 2.05) is 24.3 Å². The van der Waals surface area contributed by atoms with Gasteiger partial charge in [-0.25, -0.2) is 0 Å². The average Bonchev–Trinajstić information content (AvgIpc) is 2.60. The first-order valence-electron chi connectivity index (χ1n) is 8.47. The van der Waals surface area contributed by atoms with Crippen molar-refractivity contribution in [3.05, 3.63) is 24.3 Å². The Labute approximate surface area is 150 Å². The quantitative estimate of drug-likeness (QED) is 0.749. The molecule has 1 aliphatic carbocycles. The third-order valence-electron chi connectivity index (χ3n) is 4.36. The third-order valence-corrected chi connectivity index (χ3v) is 4.36. The summed E-state index contributed by atoms with van der Waals surface area (Å²) < 4.78 is 11.0. The van der Waals surface area contributed by atoms with Gasteiger partial charge in [-0.2, -0.15) is 0 Å². The molecule has 24 heavy (non-hydrogen) atoms. The summed E-state index contributed by atoms with van der Waals surface area (Å²) in [6.07, 6.45) is 6.57. The predicted molar refractivity (Wildman–Crippen MR) is 98.9 cm³/mol. The predicted octanol–water partition coefficient (Wildman–Crippen LogP) is 3.37. The second-order valence-electron chi connectivity index (χ2n) is 6.19. The Kier molecular flexibility index (Phi) is 9.76. The fourth-order valence-electron chi connectivity index (χ4n) is 2.88. The van der Waals surface area contributed by atoms with E-state index < -0.39 is 0 Å². The number of methoxy groups -OCH3 is 1. The standard InChI is InChI=1S/C18H28N2O3.ClH/c1-22-17(12-19)11-18(21)20-15-7-9-16(10-8-15)23-13-14-5-3-2-4-6-14;/h7-10,14,17H,2-6,11-13,19H2,1H3,(H,20,21);1H. The Morgan fingerprint density at radius 1 is 1.25 bits per heavy atom. The molecule has 1 fully saturated rings. The molecule has 3 N–H and O–H groups in total. The van der Waals surface area contributed by atoms with Crippen LogP contribution >= 0.6 is 12.4 Å². The van der Waals surface area contributed by atoms with Crippen LogP contribution in [0, 0.1) is 5.92 Å². The van der Waals surface area contributed by atoms with Crippen molar-refractivity contribution in [3.63, 3.8) is 0 Å². The van der Waals surface area contributed by atoms with Crippen LogP contribution in [0.15, 0.2) is 24.3 Å². The van der Waals surface area contributed by atoms with Gasteiger partial charge in [0.1, 0.15) is 5.75 Å². The number of anilines is 1. The summed E-state index contributed by atoms with van der Waals surface area (Å²) in [7, 11) is 1.56. The lowest BCUT2D eigenvalue weighted by molar-refractivity contribution is -0.118. The molecule has 1 aromatic rings. The van der Waals surface area contributed by atoms with Crippen LogP contribution in [-0.4, -0.2) is 32.3 Å². The highest BCUT2D eigenvalue weighted by molar-refractivity contribution is 5.91. The van der Waals surface area contributed by atoms with E-state index in [1.165, 1.54) is 32.1 Å². The van der Waals surface area contributed by atoms with E-state index in [2.05, 4.69) is 5.32 Å². The maximum Gasteiger partial charge on any atom is 0.227 e. The van der Waals surface area contributed by atoms with E-state index in [-0.39, 0.29) is 30.8 Å². The molecule has 0 spiro atoms. The molecule has 136 valence electrons. The van der Waals surface area contributed by atoms with Crippen LogP contribution in [0.5, 0.6) is 5.75 Å². The minimum absolute atomic E-state index is 0. The minimum Gasteiger partial charge on any atom is -0.493 e. The topological polar surface area (TPSA) is 73.6 Å². The molecule has 1 aromatic carbocycles. The summed E-state index contributed by atoms with van der Waals surface area (Å²) in [4.78, 5) is 11.9. The highest BCUT2D eigenvalue weighted by Gasteiger charge is 2.14. The first kappa shape index (κ1) is 20.7. The SMILES string of the molecule is COC(CN)CC(=O)Nc1ccc(OCC2CCCCC2)cc1.Cl. The van der Waals surface area contributed by atoms with E-state index in [4.69, 9.17) is 15.2 Å². The molecule has 1 saturated carbocycles. The maximum absolute atomic E-state index is 11.9. The first-order valence-corrected chi connectivity index (χ1v) is 8.47. The lowest BCUT2D eigenvalue weighted by Gasteiger charge is -2.21. The number of ether oxygens (including phenoxy) is 2. The van der Waals surface area contributed by atoms with Gasteiger partial charge in [-0.05, 0) is 43.0 Å². The van der Waals surface area contributed by atoms with Crippen molar-refractivity contribution in [1.29, 1.82) is 0 Å². The minimum atomic E-state index is -0.243. The van der Waals surface area contributed by atoms with Crippen molar-refractivity contribution in [1.82, 2.24) is 0 Å². The van der Waals surface area contributed by atoms with Crippen LogP contribution in [0.25, 0.3) is 0 Å². The van der Waals surface area contributed by atoms with Crippen LogP contribution in [0.3, 0.4) is 0 Å². The molecule has 5 nitrogen and oxygen atoms in total. The molecule has 1 unspecified atom stereocenters. The van der Waals surface area contributed by atoms with Gasteiger partial charge in [0.15, 0.2) is 0 Å². The Morgan fingerprint density at radius 2 is 1.92 bits per heavy atom. The smallest absolute Gasteiger partial charge is 0.227 e. The maximum atomic E-state index is 11.9. The Hall–Kier alpha value is -1.30. The van der Waals surface area contributed by atoms with Crippen molar-refractivity contribution in [3.8, 4) is 5.75 Å². The number of benzene rings is 1. The molecule has 0 bridgehead atoms. The number of halogens is 1. The second-order valence-corrected chi connectivity index (χ2v) is 6.19. The van der Waals surface area contributed by atoms with E-state index in [0.717, 1.165) is 18.0 Å². The van der Waals surface area contributed by atoms with Crippen molar-refractivity contribution in [2.24, 2.45) is 11.7 Å². The van der Waals surface area contributed by atoms with Crippen LogP contribution < -0.4 is 15.8 Å². The summed E-state index contributed by atoms with van der Waals surface area (Å²) in [6, 6.07) is 7.51. The van der Waals surface area contributed by atoms with Gasteiger partial charge in [0.25, 0.3) is 0 Å². The van der Waals surface area contributed by atoms with Crippen LogP contribution in [0.2, 0.25) is 0 Å². The normalized spacial score (nSPS) is 16.1. The van der Waals surface area contributed by atoms with E-state index >= 15 is 0 Å². The number of carbonyl (C=O) groups is 1. The molecule has 2 rings (SSSR count). The highest BCUT2D eigenvalue weighted by Crippen LogP contribution is 2.25. The zero-order chi connectivity index (χ0) is 16.5. The van der Waals surface area contributed by atoms with Crippen molar-refractivity contribution >= 4 is 24.0 Å². The van der Waals surface area contributed by atoms with Gasteiger partial charge in [-0.15, -0.1) is 12.4 Å².